The number of nitrogens with zero attached hydrogens (tertiary/aromatic N) is 1. The van der Waals surface area contributed by atoms with Crippen LogP contribution in [0.3, 0.4) is 0 Å². The molecule has 0 unspecified atom stereocenters. The maximum atomic E-state index is 11.9. The second kappa shape index (κ2) is 5.84. The van der Waals surface area contributed by atoms with Crippen LogP contribution in [0.25, 0.3) is 11.3 Å². The van der Waals surface area contributed by atoms with Crippen molar-refractivity contribution in [2.75, 3.05) is 5.32 Å². The van der Waals surface area contributed by atoms with E-state index in [1.807, 2.05) is 6.92 Å². The predicted octanol–water partition coefficient (Wildman–Crippen LogP) is 4.60. The molecule has 1 aromatic heterocycles. The van der Waals surface area contributed by atoms with Crippen LogP contribution in [0.5, 0.6) is 0 Å². The van der Waals surface area contributed by atoms with E-state index in [4.69, 9.17) is 0 Å². The maximum Gasteiger partial charge on any atom is 0.224 e. The van der Waals surface area contributed by atoms with E-state index >= 15 is 0 Å². The summed E-state index contributed by atoms with van der Waals surface area (Å²) in [5.74, 6) is 0.540. The van der Waals surface area contributed by atoms with Crippen molar-refractivity contribution in [2.45, 2.75) is 58.3 Å². The molecule has 3 rings (SSSR count). The van der Waals surface area contributed by atoms with E-state index in [-0.39, 0.29) is 11.3 Å². The van der Waals surface area contributed by atoms with Crippen LogP contribution in [-0.4, -0.2) is 16.1 Å². The topological polar surface area (TPSA) is 57.8 Å². The molecule has 1 heterocycles. The molecule has 1 aromatic carbocycles. The fourth-order valence-electron chi connectivity index (χ4n) is 2.71. The number of benzene rings is 1. The second-order valence-electron chi connectivity index (χ2n) is 7.36. The van der Waals surface area contributed by atoms with E-state index in [9.17, 15) is 4.79 Å². The van der Waals surface area contributed by atoms with Crippen LogP contribution in [-0.2, 0) is 10.2 Å². The van der Waals surface area contributed by atoms with Crippen molar-refractivity contribution in [1.29, 1.82) is 0 Å². The molecule has 1 aliphatic carbocycles. The molecule has 0 radical (unpaired) electrons. The average Bonchev–Trinajstić information content (AvgIpc) is 3.28. The molecule has 1 aliphatic rings. The molecule has 2 aromatic rings. The molecule has 0 aliphatic heterocycles. The van der Waals surface area contributed by atoms with Gasteiger partial charge in [-0.15, -0.1) is 0 Å². The third kappa shape index (κ3) is 3.31. The zero-order valence-corrected chi connectivity index (χ0v) is 14.4. The quantitative estimate of drug-likeness (QED) is 0.867. The lowest BCUT2D eigenvalue weighted by atomic mass is 9.86. The number of aromatic amines is 1. The van der Waals surface area contributed by atoms with E-state index in [1.165, 1.54) is 18.4 Å². The lowest BCUT2D eigenvalue weighted by molar-refractivity contribution is -0.115. The zero-order chi connectivity index (χ0) is 16.6. The molecule has 4 nitrogen and oxygen atoms in total. The third-order valence-corrected chi connectivity index (χ3v) is 4.39. The van der Waals surface area contributed by atoms with Gasteiger partial charge in [-0.1, -0.05) is 52.0 Å². The summed E-state index contributed by atoms with van der Waals surface area (Å²) in [7, 11) is 0. The van der Waals surface area contributed by atoms with Gasteiger partial charge in [0.2, 0.25) is 5.91 Å². The van der Waals surface area contributed by atoms with Crippen LogP contribution < -0.4 is 5.32 Å². The van der Waals surface area contributed by atoms with Crippen LogP contribution >= 0.6 is 0 Å². The molecule has 0 atom stereocenters. The van der Waals surface area contributed by atoms with Crippen LogP contribution in [0.15, 0.2) is 24.3 Å². The molecule has 1 amide bonds. The van der Waals surface area contributed by atoms with Crippen LogP contribution in [0.1, 0.15) is 64.1 Å². The Balaban J connectivity index is 1.97. The molecule has 0 spiro atoms. The van der Waals surface area contributed by atoms with Crippen LogP contribution in [0.2, 0.25) is 0 Å². The fraction of sp³-hybridized carbons (Fsp3) is 0.474. The van der Waals surface area contributed by atoms with Crippen molar-refractivity contribution in [2.24, 2.45) is 0 Å². The van der Waals surface area contributed by atoms with Gasteiger partial charge in [0, 0.05) is 17.9 Å². The van der Waals surface area contributed by atoms with Crippen molar-refractivity contribution in [3.8, 4) is 11.3 Å². The smallest absolute Gasteiger partial charge is 0.224 e. The lowest BCUT2D eigenvalue weighted by Crippen LogP contribution is -2.11. The first-order valence-electron chi connectivity index (χ1n) is 8.39. The number of aromatic nitrogens is 2. The van der Waals surface area contributed by atoms with E-state index in [2.05, 4.69) is 60.6 Å². The first-order valence-corrected chi connectivity index (χ1v) is 8.39. The summed E-state index contributed by atoms with van der Waals surface area (Å²) >= 11 is 0. The Bertz CT molecular complexity index is 703. The molecule has 122 valence electrons. The monoisotopic (exact) mass is 311 g/mol. The number of hydrogen-bond donors (Lipinski definition) is 2. The number of rotatable bonds is 4. The number of carbonyl (C=O) groups excluding carboxylic acids is 1. The molecule has 2 N–H and O–H groups in total. The molecule has 0 bridgehead atoms. The molecule has 4 heteroatoms. The Morgan fingerprint density at radius 3 is 2.43 bits per heavy atom. The summed E-state index contributed by atoms with van der Waals surface area (Å²) in [5, 5.41) is 10.7. The summed E-state index contributed by atoms with van der Waals surface area (Å²) in [6, 6.07) is 8.47. The van der Waals surface area contributed by atoms with Gasteiger partial charge in [-0.05, 0) is 23.8 Å². The van der Waals surface area contributed by atoms with Crippen molar-refractivity contribution in [3.63, 3.8) is 0 Å². The first-order chi connectivity index (χ1) is 10.9. The number of anilines is 1. The Hall–Kier alpha value is -2.10. The minimum atomic E-state index is 0.0286. The normalized spacial score (nSPS) is 14.8. The van der Waals surface area contributed by atoms with Gasteiger partial charge in [0.15, 0.2) is 0 Å². The molecule has 0 saturated heterocycles. The highest BCUT2D eigenvalue weighted by atomic mass is 16.1. The van der Waals surface area contributed by atoms with Gasteiger partial charge in [0.1, 0.15) is 5.69 Å². The molecular weight excluding hydrogens is 286 g/mol. The van der Waals surface area contributed by atoms with Crippen molar-refractivity contribution in [3.05, 3.63) is 35.5 Å². The number of hydrogen-bond acceptors (Lipinski definition) is 2. The molecule has 23 heavy (non-hydrogen) atoms. The highest BCUT2D eigenvalue weighted by molar-refractivity contribution is 5.95. The summed E-state index contributed by atoms with van der Waals surface area (Å²) in [4.78, 5) is 11.9. The minimum absolute atomic E-state index is 0.0286. The third-order valence-electron chi connectivity index (χ3n) is 4.39. The van der Waals surface area contributed by atoms with Gasteiger partial charge < -0.3 is 5.32 Å². The number of carbonyl (C=O) groups is 1. The predicted molar refractivity (Wildman–Crippen MR) is 93.6 cm³/mol. The van der Waals surface area contributed by atoms with Crippen LogP contribution in [0.4, 0.5) is 5.69 Å². The van der Waals surface area contributed by atoms with E-state index in [0.29, 0.717) is 12.3 Å². The van der Waals surface area contributed by atoms with E-state index < -0.39 is 0 Å². The Labute approximate surface area is 137 Å². The zero-order valence-electron chi connectivity index (χ0n) is 14.4. The highest BCUT2D eigenvalue weighted by Crippen LogP contribution is 2.45. The fourth-order valence-corrected chi connectivity index (χ4v) is 2.71. The summed E-state index contributed by atoms with van der Waals surface area (Å²) in [6.45, 7) is 8.47. The van der Waals surface area contributed by atoms with Gasteiger partial charge in [-0.3, -0.25) is 9.89 Å². The standard InChI is InChI=1S/C19H25N3O/c1-5-15(23)20-18-16(12-6-7-12)21-22-17(18)13-8-10-14(11-9-13)19(2,3)4/h8-12H,5-7H2,1-4H3,(H,20,23)(H,21,22). The van der Waals surface area contributed by atoms with Crippen molar-refractivity contribution >= 4 is 11.6 Å². The average molecular weight is 311 g/mol. The Morgan fingerprint density at radius 2 is 1.91 bits per heavy atom. The minimum Gasteiger partial charge on any atom is -0.323 e. The van der Waals surface area contributed by atoms with Crippen molar-refractivity contribution in [1.82, 2.24) is 10.2 Å². The van der Waals surface area contributed by atoms with Gasteiger partial charge >= 0.3 is 0 Å². The summed E-state index contributed by atoms with van der Waals surface area (Å²) in [6.07, 6.45) is 2.80. The van der Waals surface area contributed by atoms with Gasteiger partial charge in [-0.2, -0.15) is 5.10 Å². The van der Waals surface area contributed by atoms with Gasteiger partial charge in [-0.25, -0.2) is 0 Å². The Morgan fingerprint density at radius 1 is 1.26 bits per heavy atom. The summed E-state index contributed by atoms with van der Waals surface area (Å²) in [5.41, 5.74) is 5.23. The van der Waals surface area contributed by atoms with Crippen LogP contribution in [0, 0.1) is 0 Å². The first kappa shape index (κ1) is 15.8. The Kier molecular flexibility index (Phi) is 4.00. The maximum absolute atomic E-state index is 11.9. The number of nitrogens with one attached hydrogen (secondary N) is 2. The molecular formula is C19H25N3O. The van der Waals surface area contributed by atoms with Gasteiger partial charge in [0.05, 0.1) is 11.4 Å². The molecule has 1 fully saturated rings. The second-order valence-corrected chi connectivity index (χ2v) is 7.36. The van der Waals surface area contributed by atoms with E-state index in [0.717, 1.165) is 22.6 Å². The largest absolute Gasteiger partial charge is 0.323 e. The highest BCUT2D eigenvalue weighted by Gasteiger charge is 2.30. The molecule has 1 saturated carbocycles. The van der Waals surface area contributed by atoms with Crippen molar-refractivity contribution < 1.29 is 4.79 Å². The SMILES string of the molecule is CCC(=O)Nc1c(-c2ccc(C(C)(C)C)cc2)n[nH]c1C1CC1. The summed E-state index contributed by atoms with van der Waals surface area (Å²) < 4.78 is 0. The number of H-pyrrole nitrogens is 1. The van der Waals surface area contributed by atoms with E-state index in [1.54, 1.807) is 0 Å². The van der Waals surface area contributed by atoms with Gasteiger partial charge in [0.25, 0.3) is 0 Å². The number of amides is 1. The lowest BCUT2D eigenvalue weighted by Gasteiger charge is -2.19.